The molecule has 0 unspecified atom stereocenters. The van der Waals surface area contributed by atoms with Crippen LogP contribution in [0.4, 0.5) is 0 Å². The Kier molecular flexibility index (Phi) is 4.41. The van der Waals surface area contributed by atoms with Gasteiger partial charge >= 0.3 is 0 Å². The third kappa shape index (κ3) is 3.35. The van der Waals surface area contributed by atoms with E-state index in [2.05, 4.69) is 31.1 Å². The molecule has 0 fully saturated rings. The zero-order valence-electron chi connectivity index (χ0n) is 10.4. The number of pyridine rings is 1. The monoisotopic (exact) mass is 312 g/mol. The summed E-state index contributed by atoms with van der Waals surface area (Å²) in [5, 5.41) is 3.27. The molecule has 1 N–H and O–H groups in total. The third-order valence-corrected chi connectivity index (χ3v) is 3.33. The van der Waals surface area contributed by atoms with Crippen molar-refractivity contribution in [3.8, 4) is 0 Å². The predicted octanol–water partition coefficient (Wildman–Crippen LogP) is 0.892. The number of halogens is 1. The molecule has 5 nitrogen and oxygen atoms in total. The Balaban J connectivity index is 1.90. The van der Waals surface area contributed by atoms with Gasteiger partial charge < -0.3 is 14.8 Å². The highest BCUT2D eigenvalue weighted by molar-refractivity contribution is 9.10. The van der Waals surface area contributed by atoms with Crippen molar-refractivity contribution in [3.63, 3.8) is 0 Å². The minimum absolute atomic E-state index is 0.0129. The molecule has 0 saturated heterocycles. The van der Waals surface area contributed by atoms with Crippen molar-refractivity contribution in [3.05, 3.63) is 33.2 Å². The molecule has 2 heterocycles. The van der Waals surface area contributed by atoms with Gasteiger partial charge in [0.05, 0.1) is 0 Å². The highest BCUT2D eigenvalue weighted by Gasteiger charge is 2.09. The standard InChI is InChI=1S/C12H17BrN4O/c1-16-7-2-5-14-12(16)15-6-8-17-9-10(13)3-4-11(17)18/h3-4,9H,2,5-8H2,1H3,(H,14,15). The third-order valence-electron chi connectivity index (χ3n) is 2.86. The fourth-order valence-corrected chi connectivity index (χ4v) is 2.25. The molecule has 0 aliphatic carbocycles. The second-order valence-corrected chi connectivity index (χ2v) is 5.20. The van der Waals surface area contributed by atoms with Crippen LogP contribution in [-0.4, -0.2) is 42.1 Å². The summed E-state index contributed by atoms with van der Waals surface area (Å²) in [6.45, 7) is 3.23. The number of hydrogen-bond donors (Lipinski definition) is 1. The number of aliphatic imine (C=N–C) groups is 1. The maximum atomic E-state index is 11.6. The van der Waals surface area contributed by atoms with E-state index in [-0.39, 0.29) is 5.56 Å². The van der Waals surface area contributed by atoms with Gasteiger partial charge in [-0.05, 0) is 28.4 Å². The molecule has 1 aliphatic heterocycles. The summed E-state index contributed by atoms with van der Waals surface area (Å²) >= 11 is 3.36. The molecule has 0 spiro atoms. The summed E-state index contributed by atoms with van der Waals surface area (Å²) in [6, 6.07) is 3.32. The fraction of sp³-hybridized carbons (Fsp3) is 0.500. The molecular formula is C12H17BrN4O. The molecule has 0 bridgehead atoms. The first-order valence-corrected chi connectivity index (χ1v) is 6.81. The maximum Gasteiger partial charge on any atom is 0.250 e. The quantitative estimate of drug-likeness (QED) is 0.902. The van der Waals surface area contributed by atoms with Gasteiger partial charge in [-0.3, -0.25) is 9.79 Å². The van der Waals surface area contributed by atoms with Gasteiger partial charge in [0.15, 0.2) is 5.96 Å². The SMILES string of the molecule is CN1CCCN=C1NCCn1cc(Br)ccc1=O. The van der Waals surface area contributed by atoms with Crippen LogP contribution in [0.2, 0.25) is 0 Å². The number of guanidine groups is 1. The summed E-state index contributed by atoms with van der Waals surface area (Å²) in [6.07, 6.45) is 2.91. The second-order valence-electron chi connectivity index (χ2n) is 4.29. The van der Waals surface area contributed by atoms with Crippen LogP contribution >= 0.6 is 15.9 Å². The largest absolute Gasteiger partial charge is 0.354 e. The van der Waals surface area contributed by atoms with Crippen LogP contribution in [0.1, 0.15) is 6.42 Å². The van der Waals surface area contributed by atoms with E-state index < -0.39 is 0 Å². The number of nitrogens with one attached hydrogen (secondary N) is 1. The van der Waals surface area contributed by atoms with Gasteiger partial charge in [-0.1, -0.05) is 0 Å². The first-order chi connectivity index (χ1) is 8.66. The van der Waals surface area contributed by atoms with Crippen LogP contribution in [0, 0.1) is 0 Å². The van der Waals surface area contributed by atoms with Crippen molar-refractivity contribution in [2.75, 3.05) is 26.7 Å². The van der Waals surface area contributed by atoms with Crippen LogP contribution < -0.4 is 10.9 Å². The van der Waals surface area contributed by atoms with Crippen LogP contribution in [0.25, 0.3) is 0 Å². The molecule has 1 aromatic rings. The Bertz CT molecular complexity index is 497. The average Bonchev–Trinajstić information content (AvgIpc) is 2.36. The van der Waals surface area contributed by atoms with Gasteiger partial charge in [0.25, 0.3) is 5.56 Å². The highest BCUT2D eigenvalue weighted by Crippen LogP contribution is 2.04. The van der Waals surface area contributed by atoms with Crippen molar-refractivity contribution >= 4 is 21.9 Å². The number of aromatic nitrogens is 1. The first kappa shape index (κ1) is 13.1. The van der Waals surface area contributed by atoms with Crippen LogP contribution in [0.15, 0.2) is 32.6 Å². The molecular weight excluding hydrogens is 296 g/mol. The van der Waals surface area contributed by atoms with E-state index in [0.29, 0.717) is 13.1 Å². The summed E-state index contributed by atoms with van der Waals surface area (Å²) in [5.41, 5.74) is 0.0129. The van der Waals surface area contributed by atoms with E-state index in [1.165, 1.54) is 0 Å². The lowest BCUT2D eigenvalue weighted by Gasteiger charge is -2.25. The molecule has 1 aliphatic rings. The summed E-state index contributed by atoms with van der Waals surface area (Å²) in [4.78, 5) is 18.1. The number of nitrogens with zero attached hydrogens (tertiary/aromatic N) is 3. The van der Waals surface area contributed by atoms with Crippen molar-refractivity contribution in [1.82, 2.24) is 14.8 Å². The van der Waals surface area contributed by atoms with Crippen molar-refractivity contribution in [1.29, 1.82) is 0 Å². The molecule has 18 heavy (non-hydrogen) atoms. The number of hydrogen-bond acceptors (Lipinski definition) is 4. The highest BCUT2D eigenvalue weighted by atomic mass is 79.9. The lowest BCUT2D eigenvalue weighted by atomic mass is 10.3. The molecule has 0 saturated carbocycles. The zero-order valence-corrected chi connectivity index (χ0v) is 12.0. The summed E-state index contributed by atoms with van der Waals surface area (Å²) in [7, 11) is 2.02. The molecule has 6 heteroatoms. The maximum absolute atomic E-state index is 11.6. The van der Waals surface area contributed by atoms with Crippen molar-refractivity contribution in [2.45, 2.75) is 13.0 Å². The Morgan fingerprint density at radius 3 is 3.11 bits per heavy atom. The molecule has 0 atom stereocenters. The number of rotatable bonds is 3. The lowest BCUT2D eigenvalue weighted by Crippen LogP contribution is -2.43. The Morgan fingerprint density at radius 2 is 2.33 bits per heavy atom. The summed E-state index contributed by atoms with van der Waals surface area (Å²) < 4.78 is 2.59. The molecule has 0 aromatic carbocycles. The van der Waals surface area contributed by atoms with Crippen LogP contribution in [0.5, 0.6) is 0 Å². The minimum Gasteiger partial charge on any atom is -0.354 e. The Hall–Kier alpha value is -1.30. The first-order valence-electron chi connectivity index (χ1n) is 6.02. The van der Waals surface area contributed by atoms with Gasteiger partial charge in [0.1, 0.15) is 0 Å². The Labute approximate surface area is 115 Å². The van der Waals surface area contributed by atoms with E-state index in [0.717, 1.165) is 29.9 Å². The molecule has 98 valence electrons. The van der Waals surface area contributed by atoms with Crippen LogP contribution in [0.3, 0.4) is 0 Å². The fourth-order valence-electron chi connectivity index (χ4n) is 1.88. The van der Waals surface area contributed by atoms with E-state index in [1.54, 1.807) is 22.9 Å². The molecule has 2 rings (SSSR count). The van der Waals surface area contributed by atoms with Gasteiger partial charge in [0, 0.05) is 50.0 Å². The normalized spacial score (nSPS) is 15.4. The smallest absolute Gasteiger partial charge is 0.250 e. The van der Waals surface area contributed by atoms with Gasteiger partial charge in [-0.2, -0.15) is 0 Å². The molecule has 0 radical (unpaired) electrons. The van der Waals surface area contributed by atoms with Crippen LogP contribution in [-0.2, 0) is 6.54 Å². The second kappa shape index (κ2) is 6.04. The average molecular weight is 313 g/mol. The van der Waals surface area contributed by atoms with E-state index >= 15 is 0 Å². The predicted molar refractivity (Wildman–Crippen MR) is 76.0 cm³/mol. The summed E-state index contributed by atoms with van der Waals surface area (Å²) in [5.74, 6) is 0.921. The van der Waals surface area contributed by atoms with Crippen molar-refractivity contribution in [2.24, 2.45) is 4.99 Å². The van der Waals surface area contributed by atoms with Crippen molar-refractivity contribution < 1.29 is 0 Å². The Morgan fingerprint density at radius 1 is 1.50 bits per heavy atom. The zero-order chi connectivity index (χ0) is 13.0. The minimum atomic E-state index is 0.0129. The van der Waals surface area contributed by atoms with E-state index in [1.807, 2.05) is 7.05 Å². The lowest BCUT2D eigenvalue weighted by molar-refractivity contribution is 0.443. The molecule has 1 aromatic heterocycles. The van der Waals surface area contributed by atoms with Gasteiger partial charge in [-0.15, -0.1) is 0 Å². The van der Waals surface area contributed by atoms with E-state index in [9.17, 15) is 4.79 Å². The topological polar surface area (TPSA) is 49.6 Å². The van der Waals surface area contributed by atoms with Gasteiger partial charge in [-0.25, -0.2) is 0 Å². The molecule has 0 amide bonds. The van der Waals surface area contributed by atoms with Gasteiger partial charge in [0.2, 0.25) is 0 Å². The van der Waals surface area contributed by atoms with E-state index in [4.69, 9.17) is 0 Å².